The molecule has 1 heterocycles. The molecule has 0 atom stereocenters. The van der Waals surface area contributed by atoms with E-state index in [4.69, 9.17) is 9.72 Å². The van der Waals surface area contributed by atoms with Crippen molar-refractivity contribution in [2.75, 3.05) is 13.2 Å². The van der Waals surface area contributed by atoms with Crippen LogP contribution in [-0.2, 0) is 17.7 Å². The topological polar surface area (TPSA) is 27.1 Å². The van der Waals surface area contributed by atoms with Crippen LogP contribution in [0.25, 0.3) is 21.8 Å². The second-order valence-corrected chi connectivity index (χ2v) is 6.18. The summed E-state index contributed by atoms with van der Waals surface area (Å²) in [7, 11) is 0. The van der Waals surface area contributed by atoms with Gasteiger partial charge in [-0.3, -0.25) is 0 Å². The molecule has 0 spiro atoms. The third-order valence-electron chi connectivity index (χ3n) is 4.63. The molecule has 0 aliphatic rings. The van der Waals surface area contributed by atoms with Crippen molar-refractivity contribution in [2.24, 2.45) is 0 Å². The second-order valence-electron chi connectivity index (χ2n) is 6.18. The fourth-order valence-electron chi connectivity index (χ4n) is 3.43. The van der Waals surface area contributed by atoms with Crippen LogP contribution in [0.1, 0.15) is 18.3 Å². The molecule has 0 aliphatic heterocycles. The molecule has 0 saturated heterocycles. The molecule has 0 amide bonds. The van der Waals surface area contributed by atoms with E-state index in [0.29, 0.717) is 6.61 Å². The molecule has 0 radical (unpaired) electrons. The van der Waals surface area contributed by atoms with Gasteiger partial charge in [0.15, 0.2) is 0 Å². The lowest BCUT2D eigenvalue weighted by atomic mass is 10.0. The summed E-state index contributed by atoms with van der Waals surface area (Å²) in [5.74, 6) is 1.09. The van der Waals surface area contributed by atoms with E-state index in [1.807, 2.05) is 13.0 Å². The molecule has 0 N–H and O–H groups in total. The summed E-state index contributed by atoms with van der Waals surface area (Å²) in [6.07, 6.45) is 0.822. The minimum absolute atomic E-state index is 0.708. The number of benzene rings is 3. The summed E-state index contributed by atoms with van der Waals surface area (Å²) >= 11 is 0. The van der Waals surface area contributed by atoms with Gasteiger partial charge < -0.3 is 9.30 Å². The van der Waals surface area contributed by atoms with Crippen molar-refractivity contribution in [2.45, 2.75) is 19.9 Å². The van der Waals surface area contributed by atoms with E-state index in [2.05, 4.69) is 65.2 Å². The summed E-state index contributed by atoms with van der Waals surface area (Å²) in [5.41, 5.74) is 3.54. The third kappa shape index (κ3) is 3.15. The van der Waals surface area contributed by atoms with Gasteiger partial charge in [0.1, 0.15) is 5.82 Å². The van der Waals surface area contributed by atoms with Crippen LogP contribution < -0.4 is 0 Å². The van der Waals surface area contributed by atoms with E-state index in [1.165, 1.54) is 21.9 Å². The molecule has 4 aromatic rings. The van der Waals surface area contributed by atoms with Gasteiger partial charge in [-0.15, -0.1) is 0 Å². The molecule has 0 saturated carbocycles. The van der Waals surface area contributed by atoms with Crippen molar-refractivity contribution in [1.29, 1.82) is 0 Å². The Hall–Kier alpha value is -2.65. The van der Waals surface area contributed by atoms with Gasteiger partial charge >= 0.3 is 0 Å². The van der Waals surface area contributed by atoms with Crippen LogP contribution >= 0.6 is 0 Å². The van der Waals surface area contributed by atoms with E-state index < -0.39 is 0 Å². The van der Waals surface area contributed by atoms with Crippen molar-refractivity contribution in [3.8, 4) is 0 Å². The zero-order valence-electron chi connectivity index (χ0n) is 14.5. The Labute approximate surface area is 147 Å². The maximum absolute atomic E-state index is 5.58. The lowest BCUT2D eigenvalue weighted by Gasteiger charge is -2.11. The number of hydrogen-bond donors (Lipinski definition) is 0. The van der Waals surface area contributed by atoms with Gasteiger partial charge in [-0.25, -0.2) is 4.98 Å². The van der Waals surface area contributed by atoms with E-state index in [1.54, 1.807) is 0 Å². The highest BCUT2D eigenvalue weighted by Crippen LogP contribution is 2.23. The predicted octanol–water partition coefficient (Wildman–Crippen LogP) is 4.82. The first-order valence-corrected chi connectivity index (χ1v) is 8.85. The summed E-state index contributed by atoms with van der Waals surface area (Å²) in [5, 5.41) is 2.57. The van der Waals surface area contributed by atoms with Crippen LogP contribution in [0.4, 0.5) is 0 Å². The molecule has 25 heavy (non-hydrogen) atoms. The highest BCUT2D eigenvalue weighted by atomic mass is 16.5. The minimum Gasteiger partial charge on any atom is -0.380 e. The lowest BCUT2D eigenvalue weighted by molar-refractivity contribution is 0.139. The SMILES string of the molecule is CCOCCn1c(Cc2cccc3ccccc23)nc2ccccc21. The summed E-state index contributed by atoms with van der Waals surface area (Å²) in [6, 6.07) is 23.4. The van der Waals surface area contributed by atoms with E-state index in [0.717, 1.165) is 30.9 Å². The standard InChI is InChI=1S/C22H22N2O/c1-2-25-15-14-24-21-13-6-5-12-20(21)23-22(24)16-18-10-7-9-17-8-3-4-11-19(17)18/h3-13H,2,14-16H2,1H3. The Balaban J connectivity index is 1.76. The number of aromatic nitrogens is 2. The normalized spacial score (nSPS) is 11.4. The maximum atomic E-state index is 5.58. The fourth-order valence-corrected chi connectivity index (χ4v) is 3.43. The van der Waals surface area contributed by atoms with Gasteiger partial charge in [-0.1, -0.05) is 54.6 Å². The Kier molecular flexibility index (Phi) is 4.49. The molecule has 126 valence electrons. The summed E-state index contributed by atoms with van der Waals surface area (Å²) in [4.78, 5) is 4.90. The van der Waals surface area contributed by atoms with Crippen LogP contribution in [0.3, 0.4) is 0 Å². The first-order valence-electron chi connectivity index (χ1n) is 8.85. The molecule has 3 nitrogen and oxygen atoms in total. The number of hydrogen-bond acceptors (Lipinski definition) is 2. The van der Waals surface area contributed by atoms with E-state index in [9.17, 15) is 0 Å². The Morgan fingerprint density at radius 1 is 0.920 bits per heavy atom. The van der Waals surface area contributed by atoms with Gasteiger partial charge in [-0.05, 0) is 35.4 Å². The van der Waals surface area contributed by atoms with Crippen LogP contribution in [0, 0.1) is 0 Å². The van der Waals surface area contributed by atoms with Crippen molar-refractivity contribution >= 4 is 21.8 Å². The number of rotatable bonds is 6. The van der Waals surface area contributed by atoms with Crippen LogP contribution in [0.15, 0.2) is 66.7 Å². The van der Waals surface area contributed by atoms with Gasteiger partial charge in [0, 0.05) is 19.6 Å². The Morgan fingerprint density at radius 3 is 2.64 bits per heavy atom. The van der Waals surface area contributed by atoms with Gasteiger partial charge in [0.25, 0.3) is 0 Å². The zero-order valence-corrected chi connectivity index (χ0v) is 14.5. The van der Waals surface area contributed by atoms with Crippen LogP contribution in [0.2, 0.25) is 0 Å². The first-order chi connectivity index (χ1) is 12.4. The molecular weight excluding hydrogens is 308 g/mol. The van der Waals surface area contributed by atoms with Gasteiger partial charge in [-0.2, -0.15) is 0 Å². The average Bonchev–Trinajstić information content (AvgIpc) is 3.00. The molecule has 0 unspecified atom stereocenters. The van der Waals surface area contributed by atoms with Crippen LogP contribution in [0.5, 0.6) is 0 Å². The molecule has 0 bridgehead atoms. The van der Waals surface area contributed by atoms with Crippen molar-refractivity contribution in [1.82, 2.24) is 9.55 Å². The zero-order chi connectivity index (χ0) is 17.1. The number of nitrogens with zero attached hydrogens (tertiary/aromatic N) is 2. The Morgan fingerprint density at radius 2 is 1.72 bits per heavy atom. The predicted molar refractivity (Wildman–Crippen MR) is 103 cm³/mol. The number of ether oxygens (including phenoxy) is 1. The van der Waals surface area contributed by atoms with Crippen molar-refractivity contribution in [3.05, 3.63) is 78.1 Å². The highest BCUT2D eigenvalue weighted by Gasteiger charge is 2.12. The first kappa shape index (κ1) is 15.9. The smallest absolute Gasteiger partial charge is 0.114 e. The quantitative estimate of drug-likeness (QED) is 0.474. The van der Waals surface area contributed by atoms with E-state index >= 15 is 0 Å². The van der Waals surface area contributed by atoms with Crippen molar-refractivity contribution < 1.29 is 4.74 Å². The average molecular weight is 330 g/mol. The number of fused-ring (bicyclic) bond motifs is 2. The molecular formula is C22H22N2O. The second kappa shape index (κ2) is 7.08. The molecule has 0 aliphatic carbocycles. The maximum Gasteiger partial charge on any atom is 0.114 e. The number of para-hydroxylation sites is 2. The number of imidazole rings is 1. The third-order valence-corrected chi connectivity index (χ3v) is 4.63. The van der Waals surface area contributed by atoms with Gasteiger partial charge in [0.2, 0.25) is 0 Å². The monoisotopic (exact) mass is 330 g/mol. The molecule has 1 aromatic heterocycles. The van der Waals surface area contributed by atoms with Gasteiger partial charge in [0.05, 0.1) is 17.6 Å². The van der Waals surface area contributed by atoms with E-state index in [-0.39, 0.29) is 0 Å². The molecule has 0 fully saturated rings. The lowest BCUT2D eigenvalue weighted by Crippen LogP contribution is -2.10. The van der Waals surface area contributed by atoms with Crippen molar-refractivity contribution in [3.63, 3.8) is 0 Å². The largest absolute Gasteiger partial charge is 0.380 e. The minimum atomic E-state index is 0.708. The fraction of sp³-hybridized carbons (Fsp3) is 0.227. The van der Waals surface area contributed by atoms with Crippen LogP contribution in [-0.4, -0.2) is 22.8 Å². The molecule has 4 rings (SSSR count). The molecule has 3 heteroatoms. The highest BCUT2D eigenvalue weighted by molar-refractivity contribution is 5.86. The summed E-state index contributed by atoms with van der Waals surface area (Å²) in [6.45, 7) is 4.31. The molecule has 3 aromatic carbocycles. The summed E-state index contributed by atoms with van der Waals surface area (Å²) < 4.78 is 7.88. The Bertz CT molecular complexity index is 998.